The highest BCUT2D eigenvalue weighted by Gasteiger charge is 2.40. The van der Waals surface area contributed by atoms with E-state index in [1.165, 1.54) is 5.56 Å². The van der Waals surface area contributed by atoms with Crippen molar-refractivity contribution in [1.29, 1.82) is 0 Å². The van der Waals surface area contributed by atoms with E-state index in [0.29, 0.717) is 13.0 Å². The van der Waals surface area contributed by atoms with Gasteiger partial charge in [-0.25, -0.2) is 0 Å². The van der Waals surface area contributed by atoms with E-state index in [0.717, 1.165) is 28.0 Å². The zero-order chi connectivity index (χ0) is 20.7. The fraction of sp³-hybridized carbons (Fsp3) is 0.333. The van der Waals surface area contributed by atoms with Crippen LogP contribution in [0.15, 0.2) is 52.9 Å². The minimum Gasteiger partial charge on any atom is -0.459 e. The van der Waals surface area contributed by atoms with Crippen LogP contribution in [0.4, 0.5) is 5.69 Å². The van der Waals surface area contributed by atoms with E-state index in [1.807, 2.05) is 69.3 Å². The molecule has 1 aliphatic heterocycles. The number of carbonyl (C=O) groups excluding carboxylic acids is 2. The highest BCUT2D eigenvalue weighted by Crippen LogP contribution is 2.31. The predicted octanol–water partition coefficient (Wildman–Crippen LogP) is 4.62. The van der Waals surface area contributed by atoms with Gasteiger partial charge in [0.1, 0.15) is 17.3 Å². The Bertz CT molecular complexity index is 1050. The van der Waals surface area contributed by atoms with Crippen LogP contribution in [0.25, 0.3) is 11.0 Å². The van der Waals surface area contributed by atoms with Crippen molar-refractivity contribution >= 4 is 28.5 Å². The van der Waals surface area contributed by atoms with Crippen molar-refractivity contribution in [3.63, 3.8) is 0 Å². The summed E-state index contributed by atoms with van der Waals surface area (Å²) in [6, 6.07) is 15.5. The number of benzene rings is 2. The average molecular weight is 390 g/mol. The third-order valence-electron chi connectivity index (χ3n) is 6.09. The number of rotatable bonds is 4. The zero-order valence-corrected chi connectivity index (χ0v) is 17.3. The van der Waals surface area contributed by atoms with Gasteiger partial charge in [0.05, 0.1) is 6.04 Å². The number of amides is 2. The van der Waals surface area contributed by atoms with Crippen LogP contribution in [0, 0.1) is 19.8 Å². The van der Waals surface area contributed by atoms with Gasteiger partial charge in [-0.05, 0) is 62.6 Å². The van der Waals surface area contributed by atoms with Crippen LogP contribution < -0.4 is 4.90 Å². The van der Waals surface area contributed by atoms with Gasteiger partial charge in [-0.15, -0.1) is 0 Å². The van der Waals surface area contributed by atoms with Crippen LogP contribution in [-0.2, 0) is 9.59 Å². The number of nitrogens with zero attached hydrogens (tertiary/aromatic N) is 2. The van der Waals surface area contributed by atoms with Crippen LogP contribution in [0.5, 0.6) is 0 Å². The number of fused-ring (bicyclic) bond motifs is 1. The van der Waals surface area contributed by atoms with Crippen molar-refractivity contribution in [2.24, 2.45) is 5.92 Å². The molecule has 1 aromatic heterocycles. The van der Waals surface area contributed by atoms with E-state index < -0.39 is 5.92 Å². The molecule has 5 heteroatoms. The standard InChI is InChI=1S/C24H26N2O3/c1-15-9-10-19(13-16(15)2)26-12-11-20(24(26)28)23(27)25(4)17(3)22-14-18-7-5-6-8-21(18)29-22/h5-10,13-14,17,20H,11-12H2,1-4H3. The number of furan rings is 1. The molecule has 0 saturated carbocycles. The Hall–Kier alpha value is -3.08. The molecule has 4 rings (SSSR count). The second-order valence-corrected chi connectivity index (χ2v) is 7.91. The number of para-hydroxylation sites is 1. The Morgan fingerprint density at radius 2 is 1.90 bits per heavy atom. The minimum atomic E-state index is -0.645. The maximum absolute atomic E-state index is 13.1. The lowest BCUT2D eigenvalue weighted by Gasteiger charge is -2.26. The lowest BCUT2D eigenvalue weighted by Crippen LogP contribution is -2.39. The van der Waals surface area contributed by atoms with Crippen molar-refractivity contribution in [3.8, 4) is 0 Å². The third-order valence-corrected chi connectivity index (χ3v) is 6.09. The fourth-order valence-corrected chi connectivity index (χ4v) is 3.89. The number of hydrogen-bond donors (Lipinski definition) is 0. The summed E-state index contributed by atoms with van der Waals surface area (Å²) in [7, 11) is 1.74. The Balaban J connectivity index is 1.51. The summed E-state index contributed by atoms with van der Waals surface area (Å²) in [5, 5.41) is 1.01. The second-order valence-electron chi connectivity index (χ2n) is 7.91. The molecule has 1 saturated heterocycles. The SMILES string of the molecule is Cc1ccc(N2CCC(C(=O)N(C)C(C)c3cc4ccccc4o3)C2=O)cc1C. The van der Waals surface area contributed by atoms with E-state index in [2.05, 4.69) is 0 Å². The molecule has 150 valence electrons. The number of hydrogen-bond acceptors (Lipinski definition) is 3. The summed E-state index contributed by atoms with van der Waals surface area (Å²) in [6.07, 6.45) is 0.530. The molecule has 3 aromatic rings. The minimum absolute atomic E-state index is 0.123. The van der Waals surface area contributed by atoms with Crippen LogP contribution >= 0.6 is 0 Å². The summed E-state index contributed by atoms with van der Waals surface area (Å²) in [4.78, 5) is 29.5. The molecule has 0 bridgehead atoms. The second kappa shape index (κ2) is 7.39. The summed E-state index contributed by atoms with van der Waals surface area (Å²) in [6.45, 7) is 6.57. The van der Waals surface area contributed by atoms with E-state index in [-0.39, 0.29) is 17.9 Å². The van der Waals surface area contributed by atoms with Gasteiger partial charge in [0.15, 0.2) is 0 Å². The molecule has 0 radical (unpaired) electrons. The Labute approximate surface area is 170 Å². The summed E-state index contributed by atoms with van der Waals surface area (Å²) in [5.74, 6) is -0.205. The van der Waals surface area contributed by atoms with Crippen LogP contribution in [0.3, 0.4) is 0 Å². The molecule has 29 heavy (non-hydrogen) atoms. The molecule has 0 aliphatic carbocycles. The molecule has 1 aliphatic rings. The van der Waals surface area contributed by atoms with Crippen molar-refractivity contribution in [3.05, 3.63) is 65.4 Å². The van der Waals surface area contributed by atoms with Crippen LogP contribution in [0.2, 0.25) is 0 Å². The quantitative estimate of drug-likeness (QED) is 0.611. The van der Waals surface area contributed by atoms with Crippen molar-refractivity contribution < 1.29 is 14.0 Å². The number of aryl methyl sites for hydroxylation is 2. The van der Waals surface area contributed by atoms with E-state index in [9.17, 15) is 9.59 Å². The van der Waals surface area contributed by atoms with Gasteiger partial charge in [-0.2, -0.15) is 0 Å². The first-order valence-corrected chi connectivity index (χ1v) is 10.0. The molecule has 0 N–H and O–H groups in total. The number of carbonyl (C=O) groups is 2. The molecule has 2 atom stereocenters. The normalized spacial score (nSPS) is 17.7. The van der Waals surface area contributed by atoms with Gasteiger partial charge < -0.3 is 14.2 Å². The van der Waals surface area contributed by atoms with Crippen molar-refractivity contribution in [1.82, 2.24) is 4.90 Å². The van der Waals surface area contributed by atoms with E-state index >= 15 is 0 Å². The molecule has 0 spiro atoms. The number of anilines is 1. The highest BCUT2D eigenvalue weighted by molar-refractivity contribution is 6.09. The molecular formula is C24H26N2O3. The first-order chi connectivity index (χ1) is 13.9. The first kappa shape index (κ1) is 19.2. The van der Waals surface area contributed by atoms with E-state index in [4.69, 9.17) is 4.42 Å². The Morgan fingerprint density at radius 3 is 2.62 bits per heavy atom. The average Bonchev–Trinajstić information content (AvgIpc) is 3.32. The third kappa shape index (κ3) is 3.41. The largest absolute Gasteiger partial charge is 0.459 e. The van der Waals surface area contributed by atoms with Gasteiger partial charge in [0, 0.05) is 24.7 Å². The summed E-state index contributed by atoms with van der Waals surface area (Å²) in [5.41, 5.74) is 3.99. The summed E-state index contributed by atoms with van der Waals surface area (Å²) < 4.78 is 5.92. The lowest BCUT2D eigenvalue weighted by molar-refractivity contribution is -0.140. The Kier molecular flexibility index (Phi) is 4.91. The van der Waals surface area contributed by atoms with Crippen LogP contribution in [-0.4, -0.2) is 30.3 Å². The molecule has 2 aromatic carbocycles. The Morgan fingerprint density at radius 1 is 1.14 bits per heavy atom. The van der Waals surface area contributed by atoms with Gasteiger partial charge in [-0.1, -0.05) is 24.3 Å². The summed E-state index contributed by atoms with van der Waals surface area (Å²) >= 11 is 0. The van der Waals surface area contributed by atoms with Gasteiger partial charge in [0.2, 0.25) is 11.8 Å². The maximum Gasteiger partial charge on any atom is 0.239 e. The molecule has 1 fully saturated rings. The van der Waals surface area contributed by atoms with Crippen LogP contribution in [0.1, 0.15) is 36.3 Å². The van der Waals surface area contributed by atoms with Gasteiger partial charge >= 0.3 is 0 Å². The monoisotopic (exact) mass is 390 g/mol. The topological polar surface area (TPSA) is 53.8 Å². The zero-order valence-electron chi connectivity index (χ0n) is 17.3. The van der Waals surface area contributed by atoms with Crippen molar-refractivity contribution in [2.45, 2.75) is 33.2 Å². The molecule has 2 unspecified atom stereocenters. The smallest absolute Gasteiger partial charge is 0.239 e. The molecule has 2 amide bonds. The molecule has 2 heterocycles. The molecule has 5 nitrogen and oxygen atoms in total. The van der Waals surface area contributed by atoms with Gasteiger partial charge in [-0.3, -0.25) is 9.59 Å². The van der Waals surface area contributed by atoms with E-state index in [1.54, 1.807) is 16.8 Å². The lowest BCUT2D eigenvalue weighted by atomic mass is 10.1. The molecular weight excluding hydrogens is 364 g/mol. The first-order valence-electron chi connectivity index (χ1n) is 10.0. The maximum atomic E-state index is 13.1. The van der Waals surface area contributed by atoms with Crippen molar-refractivity contribution in [2.75, 3.05) is 18.5 Å². The fourth-order valence-electron chi connectivity index (χ4n) is 3.89. The van der Waals surface area contributed by atoms with Gasteiger partial charge in [0.25, 0.3) is 0 Å². The highest BCUT2D eigenvalue weighted by atomic mass is 16.3. The predicted molar refractivity (Wildman–Crippen MR) is 114 cm³/mol.